The second-order valence-electron chi connectivity index (χ2n) is 11.1. The first-order valence-corrected chi connectivity index (χ1v) is 16.6. The predicted molar refractivity (Wildman–Crippen MR) is 169 cm³/mol. The monoisotopic (exact) mass is 550 g/mol. The molecule has 0 heterocycles. The van der Waals surface area contributed by atoms with Crippen molar-refractivity contribution in [2.24, 2.45) is 0 Å². The number of hydrogen-bond donors (Lipinski definition) is 0. The topological polar surface area (TPSA) is 52.6 Å². The van der Waals surface area contributed by atoms with E-state index in [1.807, 2.05) is 0 Å². The van der Waals surface area contributed by atoms with Crippen LogP contribution in [-0.2, 0) is 19.1 Å². The molecule has 0 saturated heterocycles. The molecule has 39 heavy (non-hydrogen) atoms. The Morgan fingerprint density at radius 2 is 0.795 bits per heavy atom. The van der Waals surface area contributed by atoms with Crippen molar-refractivity contribution in [2.75, 3.05) is 13.2 Å². The third kappa shape index (κ3) is 36.4. The number of esters is 2. The van der Waals surface area contributed by atoms with E-state index in [0.29, 0.717) is 18.8 Å². The molecule has 4 heteroatoms. The van der Waals surface area contributed by atoms with Gasteiger partial charge in [-0.3, -0.25) is 0 Å². The molecule has 0 aromatic heterocycles. The van der Waals surface area contributed by atoms with Crippen molar-refractivity contribution in [3.63, 3.8) is 0 Å². The van der Waals surface area contributed by atoms with Crippen LogP contribution in [0.3, 0.4) is 0 Å². The number of rotatable bonds is 28. The summed E-state index contributed by atoms with van der Waals surface area (Å²) in [6.07, 6.45) is 33.0. The van der Waals surface area contributed by atoms with Crippen molar-refractivity contribution < 1.29 is 19.1 Å². The Hall–Kier alpha value is -1.58. The molecule has 0 aromatic rings. The highest BCUT2D eigenvalue weighted by Crippen LogP contribution is 2.13. The molecule has 0 aliphatic rings. The molecular formula is C35H66O4. The minimum absolute atomic E-state index is 0.258. The maximum absolute atomic E-state index is 11.1. The molecule has 0 aliphatic heterocycles. The minimum atomic E-state index is -0.301. The summed E-state index contributed by atoms with van der Waals surface area (Å²) in [6, 6.07) is 0. The fourth-order valence-electron chi connectivity index (χ4n) is 4.41. The SMILES string of the molecule is C=C(C)C(=O)OCCCCCCCCCCCC.C=CC(=O)OCCCCCCCCCCCCCCCC. The summed E-state index contributed by atoms with van der Waals surface area (Å²) in [5, 5.41) is 0. The van der Waals surface area contributed by atoms with Crippen LogP contribution >= 0.6 is 0 Å². The van der Waals surface area contributed by atoms with Crippen LogP contribution in [0.15, 0.2) is 24.8 Å². The highest BCUT2D eigenvalue weighted by Gasteiger charge is 2.01. The van der Waals surface area contributed by atoms with Crippen LogP contribution < -0.4 is 0 Å². The second kappa shape index (κ2) is 34.4. The van der Waals surface area contributed by atoms with Gasteiger partial charge in [0.1, 0.15) is 0 Å². The van der Waals surface area contributed by atoms with E-state index in [1.54, 1.807) is 6.92 Å². The third-order valence-electron chi connectivity index (χ3n) is 6.99. The molecule has 0 atom stereocenters. The molecule has 230 valence electrons. The molecule has 0 radical (unpaired) electrons. The number of ether oxygens (including phenoxy) is 2. The average Bonchev–Trinajstić information content (AvgIpc) is 2.93. The standard InChI is InChI=1S/C19H36O2.C16H30O2/c1-3-5-6-7-8-9-10-11-12-13-14-15-16-17-18-21-19(20)4-2;1-4-5-6-7-8-9-10-11-12-13-14-18-16(17)15(2)3/h4H,2-3,5-18H2,1H3;2,4-14H2,1,3H3. The first-order valence-electron chi connectivity index (χ1n) is 16.6. The zero-order valence-corrected chi connectivity index (χ0v) is 26.5. The van der Waals surface area contributed by atoms with Crippen molar-refractivity contribution >= 4 is 11.9 Å². The fraction of sp³-hybridized carbons (Fsp3) is 0.829. The van der Waals surface area contributed by atoms with Crippen LogP contribution in [0.1, 0.15) is 175 Å². The zero-order chi connectivity index (χ0) is 29.2. The molecular weight excluding hydrogens is 484 g/mol. The van der Waals surface area contributed by atoms with Gasteiger partial charge in [0.25, 0.3) is 0 Å². The summed E-state index contributed by atoms with van der Waals surface area (Å²) in [4.78, 5) is 21.9. The molecule has 0 rings (SSSR count). The summed E-state index contributed by atoms with van der Waals surface area (Å²) < 4.78 is 9.98. The highest BCUT2D eigenvalue weighted by atomic mass is 16.5. The highest BCUT2D eigenvalue weighted by molar-refractivity contribution is 5.86. The summed E-state index contributed by atoms with van der Waals surface area (Å²) in [5.74, 6) is -0.560. The Balaban J connectivity index is 0. The van der Waals surface area contributed by atoms with Gasteiger partial charge < -0.3 is 9.47 Å². The van der Waals surface area contributed by atoms with Crippen molar-refractivity contribution in [3.8, 4) is 0 Å². The molecule has 0 bridgehead atoms. The summed E-state index contributed by atoms with van der Waals surface area (Å²) in [6.45, 7) is 14.2. The third-order valence-corrected chi connectivity index (χ3v) is 6.99. The molecule has 0 spiro atoms. The Morgan fingerprint density at radius 3 is 1.08 bits per heavy atom. The second-order valence-corrected chi connectivity index (χ2v) is 11.1. The lowest BCUT2D eigenvalue weighted by Crippen LogP contribution is -2.05. The number of hydrogen-bond acceptors (Lipinski definition) is 4. The van der Waals surface area contributed by atoms with Gasteiger partial charge in [0, 0.05) is 11.6 Å². The largest absolute Gasteiger partial charge is 0.463 e. The molecule has 0 fully saturated rings. The lowest BCUT2D eigenvalue weighted by molar-refractivity contribution is -0.139. The zero-order valence-electron chi connectivity index (χ0n) is 26.5. The Labute approximate surface area is 243 Å². The molecule has 0 saturated carbocycles. The smallest absolute Gasteiger partial charge is 0.333 e. The first kappa shape index (κ1) is 39.6. The van der Waals surface area contributed by atoms with E-state index in [9.17, 15) is 9.59 Å². The van der Waals surface area contributed by atoms with Crippen molar-refractivity contribution in [3.05, 3.63) is 24.8 Å². The van der Waals surface area contributed by atoms with Crippen LogP contribution in [-0.4, -0.2) is 25.2 Å². The maximum Gasteiger partial charge on any atom is 0.333 e. The molecule has 0 aromatic carbocycles. The number of carbonyl (C=O) groups is 2. The summed E-state index contributed by atoms with van der Waals surface area (Å²) >= 11 is 0. The van der Waals surface area contributed by atoms with Gasteiger partial charge in [-0.15, -0.1) is 0 Å². The quantitative estimate of drug-likeness (QED) is 0.0552. The minimum Gasteiger partial charge on any atom is -0.463 e. The number of carbonyl (C=O) groups excluding carboxylic acids is 2. The van der Waals surface area contributed by atoms with Crippen LogP contribution in [0.4, 0.5) is 0 Å². The van der Waals surface area contributed by atoms with Crippen LogP contribution in [0, 0.1) is 0 Å². The fourth-order valence-corrected chi connectivity index (χ4v) is 4.41. The van der Waals surface area contributed by atoms with Gasteiger partial charge in [-0.25, -0.2) is 9.59 Å². The predicted octanol–water partition coefficient (Wildman–Crippen LogP) is 11.2. The summed E-state index contributed by atoms with van der Waals surface area (Å²) in [7, 11) is 0. The van der Waals surface area contributed by atoms with Gasteiger partial charge in [-0.05, 0) is 19.8 Å². The lowest BCUT2D eigenvalue weighted by Gasteiger charge is -2.04. The normalized spacial score (nSPS) is 10.4. The van der Waals surface area contributed by atoms with Crippen molar-refractivity contribution in [1.82, 2.24) is 0 Å². The molecule has 0 amide bonds. The van der Waals surface area contributed by atoms with Gasteiger partial charge in [0.05, 0.1) is 13.2 Å². The van der Waals surface area contributed by atoms with Gasteiger partial charge in [-0.1, -0.05) is 168 Å². The van der Waals surface area contributed by atoms with E-state index in [1.165, 1.54) is 147 Å². The Kier molecular flexibility index (Phi) is 34.9. The lowest BCUT2D eigenvalue weighted by atomic mass is 10.0. The molecule has 0 N–H and O–H groups in total. The first-order chi connectivity index (χ1) is 19.0. The van der Waals surface area contributed by atoms with Crippen LogP contribution in [0.5, 0.6) is 0 Å². The van der Waals surface area contributed by atoms with E-state index in [4.69, 9.17) is 9.47 Å². The van der Waals surface area contributed by atoms with E-state index < -0.39 is 0 Å². The number of unbranched alkanes of at least 4 members (excludes halogenated alkanes) is 22. The van der Waals surface area contributed by atoms with Crippen molar-refractivity contribution in [2.45, 2.75) is 175 Å². The van der Waals surface area contributed by atoms with Crippen molar-refractivity contribution in [1.29, 1.82) is 0 Å². The van der Waals surface area contributed by atoms with E-state index in [2.05, 4.69) is 27.0 Å². The van der Waals surface area contributed by atoms with E-state index >= 15 is 0 Å². The maximum atomic E-state index is 11.1. The van der Waals surface area contributed by atoms with Gasteiger partial charge >= 0.3 is 11.9 Å². The van der Waals surface area contributed by atoms with E-state index in [0.717, 1.165) is 12.8 Å². The molecule has 4 nitrogen and oxygen atoms in total. The Morgan fingerprint density at radius 1 is 0.513 bits per heavy atom. The van der Waals surface area contributed by atoms with Gasteiger partial charge in [0.2, 0.25) is 0 Å². The van der Waals surface area contributed by atoms with E-state index in [-0.39, 0.29) is 11.9 Å². The Bertz CT molecular complexity index is 555. The average molecular weight is 551 g/mol. The van der Waals surface area contributed by atoms with Gasteiger partial charge in [-0.2, -0.15) is 0 Å². The van der Waals surface area contributed by atoms with Crippen LogP contribution in [0.25, 0.3) is 0 Å². The molecule has 0 unspecified atom stereocenters. The van der Waals surface area contributed by atoms with Gasteiger partial charge in [0.15, 0.2) is 0 Å². The summed E-state index contributed by atoms with van der Waals surface area (Å²) in [5.41, 5.74) is 0.488. The van der Waals surface area contributed by atoms with Crippen LogP contribution in [0.2, 0.25) is 0 Å². The molecule has 0 aliphatic carbocycles.